The van der Waals surface area contributed by atoms with Crippen molar-refractivity contribution in [3.8, 4) is 0 Å². The topological polar surface area (TPSA) is 58.1 Å². The highest BCUT2D eigenvalue weighted by molar-refractivity contribution is 6.04. The van der Waals surface area contributed by atoms with Crippen molar-refractivity contribution in [2.45, 2.75) is 6.17 Å². The minimum absolute atomic E-state index is 0.0888. The number of fused-ring (bicyclic) bond motifs is 2. The number of amides is 1. The molecule has 0 radical (unpaired) electrons. The Bertz CT molecular complexity index is 1140. The molecule has 1 amide bonds. The van der Waals surface area contributed by atoms with E-state index in [0.29, 0.717) is 5.56 Å². The average molecular weight is 352 g/mol. The standard InChI is InChI=1S/C22H16N4O/c27-22-17-11-5-7-13-19(17)26(20(25-22)15-8-2-1-3-9-15)21-16-10-4-6-12-18(16)23-14-24-21/h1-14,20H,(H,25,27). The van der Waals surface area contributed by atoms with Gasteiger partial charge in [-0.2, -0.15) is 0 Å². The molecule has 1 aliphatic heterocycles. The van der Waals surface area contributed by atoms with Gasteiger partial charge in [0.25, 0.3) is 5.91 Å². The molecule has 1 N–H and O–H groups in total. The van der Waals surface area contributed by atoms with E-state index in [9.17, 15) is 4.79 Å². The summed E-state index contributed by atoms with van der Waals surface area (Å²) in [5, 5.41) is 4.07. The number of anilines is 2. The first-order chi connectivity index (χ1) is 13.3. The van der Waals surface area contributed by atoms with Gasteiger partial charge >= 0.3 is 0 Å². The van der Waals surface area contributed by atoms with Gasteiger partial charge in [0, 0.05) is 5.39 Å². The molecular formula is C22H16N4O. The van der Waals surface area contributed by atoms with Crippen LogP contribution in [0.25, 0.3) is 10.9 Å². The quantitative estimate of drug-likeness (QED) is 0.587. The number of nitrogens with zero attached hydrogens (tertiary/aromatic N) is 3. The molecule has 4 aromatic rings. The van der Waals surface area contributed by atoms with Crippen LogP contribution in [0.4, 0.5) is 11.5 Å². The van der Waals surface area contributed by atoms with Crippen LogP contribution in [0.2, 0.25) is 0 Å². The summed E-state index contributed by atoms with van der Waals surface area (Å²) in [5.41, 5.74) is 3.32. The summed E-state index contributed by atoms with van der Waals surface area (Å²) in [7, 11) is 0. The van der Waals surface area contributed by atoms with E-state index in [2.05, 4.69) is 20.2 Å². The van der Waals surface area contributed by atoms with Crippen molar-refractivity contribution in [1.82, 2.24) is 15.3 Å². The Labute approximate surface area is 156 Å². The third kappa shape index (κ3) is 2.52. The Hall–Kier alpha value is -3.73. The summed E-state index contributed by atoms with van der Waals surface area (Å²) < 4.78 is 0. The number of hydrogen-bond acceptors (Lipinski definition) is 4. The summed E-state index contributed by atoms with van der Waals surface area (Å²) in [5.74, 6) is 0.677. The maximum Gasteiger partial charge on any atom is 0.255 e. The number of carbonyl (C=O) groups is 1. The first-order valence-electron chi connectivity index (χ1n) is 8.77. The number of para-hydroxylation sites is 2. The van der Waals surface area contributed by atoms with Gasteiger partial charge in [-0.1, -0.05) is 54.6 Å². The van der Waals surface area contributed by atoms with Crippen LogP contribution in [-0.2, 0) is 0 Å². The third-order valence-corrected chi connectivity index (χ3v) is 4.80. The fourth-order valence-corrected chi connectivity index (χ4v) is 3.57. The minimum Gasteiger partial charge on any atom is -0.327 e. The van der Waals surface area contributed by atoms with Crippen LogP contribution in [0, 0.1) is 0 Å². The zero-order valence-corrected chi connectivity index (χ0v) is 14.4. The van der Waals surface area contributed by atoms with E-state index in [1.54, 1.807) is 6.33 Å². The molecule has 0 spiro atoms. The molecule has 0 fully saturated rings. The zero-order valence-electron chi connectivity index (χ0n) is 14.4. The predicted molar refractivity (Wildman–Crippen MR) is 105 cm³/mol. The van der Waals surface area contributed by atoms with E-state index < -0.39 is 0 Å². The van der Waals surface area contributed by atoms with Crippen molar-refractivity contribution < 1.29 is 4.79 Å². The van der Waals surface area contributed by atoms with Gasteiger partial charge in [0.1, 0.15) is 18.3 Å². The molecule has 1 unspecified atom stereocenters. The van der Waals surface area contributed by atoms with E-state index >= 15 is 0 Å². The lowest BCUT2D eigenvalue weighted by Crippen LogP contribution is -2.44. The van der Waals surface area contributed by atoms with Gasteiger partial charge < -0.3 is 5.32 Å². The van der Waals surface area contributed by atoms with E-state index in [1.165, 1.54) is 0 Å². The molecule has 27 heavy (non-hydrogen) atoms. The normalized spacial score (nSPS) is 16.1. The number of hydrogen-bond donors (Lipinski definition) is 1. The fourth-order valence-electron chi connectivity index (χ4n) is 3.57. The average Bonchev–Trinajstić information content (AvgIpc) is 2.74. The van der Waals surface area contributed by atoms with Crippen LogP contribution >= 0.6 is 0 Å². The van der Waals surface area contributed by atoms with Crippen molar-refractivity contribution in [3.05, 3.63) is 96.3 Å². The Kier molecular flexibility index (Phi) is 3.57. The van der Waals surface area contributed by atoms with Crippen LogP contribution in [0.3, 0.4) is 0 Å². The van der Waals surface area contributed by atoms with Crippen LogP contribution in [0.15, 0.2) is 85.2 Å². The predicted octanol–water partition coefficient (Wildman–Crippen LogP) is 4.21. The summed E-state index contributed by atoms with van der Waals surface area (Å²) in [6, 6.07) is 25.4. The summed E-state index contributed by atoms with van der Waals surface area (Å²) in [4.78, 5) is 23.8. The molecule has 0 saturated carbocycles. The first-order valence-corrected chi connectivity index (χ1v) is 8.77. The molecule has 1 aliphatic rings. The van der Waals surface area contributed by atoms with E-state index in [0.717, 1.165) is 28.0 Å². The van der Waals surface area contributed by atoms with Gasteiger partial charge in [0.15, 0.2) is 0 Å². The van der Waals surface area contributed by atoms with E-state index in [1.807, 2.05) is 78.9 Å². The molecule has 5 nitrogen and oxygen atoms in total. The lowest BCUT2D eigenvalue weighted by molar-refractivity contribution is 0.0929. The number of nitrogens with one attached hydrogen (secondary N) is 1. The van der Waals surface area contributed by atoms with Crippen LogP contribution in [0.1, 0.15) is 22.1 Å². The largest absolute Gasteiger partial charge is 0.327 e. The number of rotatable bonds is 2. The summed E-state index contributed by atoms with van der Waals surface area (Å²) in [6.07, 6.45) is 1.21. The molecule has 2 heterocycles. The van der Waals surface area contributed by atoms with Crippen molar-refractivity contribution in [1.29, 1.82) is 0 Å². The molecule has 1 atom stereocenters. The molecule has 0 saturated heterocycles. The van der Waals surface area contributed by atoms with E-state index in [4.69, 9.17) is 0 Å². The van der Waals surface area contributed by atoms with Crippen LogP contribution < -0.4 is 10.2 Å². The summed E-state index contributed by atoms with van der Waals surface area (Å²) >= 11 is 0. The minimum atomic E-state index is -0.355. The van der Waals surface area contributed by atoms with Gasteiger partial charge in [-0.05, 0) is 29.8 Å². The van der Waals surface area contributed by atoms with Gasteiger partial charge in [-0.15, -0.1) is 0 Å². The third-order valence-electron chi connectivity index (χ3n) is 4.80. The maximum absolute atomic E-state index is 12.7. The second-order valence-electron chi connectivity index (χ2n) is 6.39. The Morgan fingerprint density at radius 3 is 2.44 bits per heavy atom. The van der Waals surface area contributed by atoms with Gasteiger partial charge in [-0.25, -0.2) is 9.97 Å². The number of benzene rings is 3. The fraction of sp³-hybridized carbons (Fsp3) is 0.0455. The molecule has 0 bridgehead atoms. The van der Waals surface area contributed by atoms with Crippen molar-refractivity contribution in [2.24, 2.45) is 0 Å². The Morgan fingerprint density at radius 2 is 1.56 bits per heavy atom. The van der Waals surface area contributed by atoms with Crippen molar-refractivity contribution >= 4 is 28.3 Å². The van der Waals surface area contributed by atoms with Crippen molar-refractivity contribution in [2.75, 3.05) is 4.90 Å². The Balaban J connectivity index is 1.79. The van der Waals surface area contributed by atoms with Crippen LogP contribution in [0.5, 0.6) is 0 Å². The lowest BCUT2D eigenvalue weighted by atomic mass is 10.0. The van der Waals surface area contributed by atoms with Gasteiger partial charge in [0.05, 0.1) is 16.8 Å². The second kappa shape index (κ2) is 6.21. The number of carbonyl (C=O) groups excluding carboxylic acids is 1. The molecule has 1 aromatic heterocycles. The molecule has 3 aromatic carbocycles. The molecule has 0 aliphatic carbocycles. The number of aromatic nitrogens is 2. The van der Waals surface area contributed by atoms with Crippen molar-refractivity contribution in [3.63, 3.8) is 0 Å². The monoisotopic (exact) mass is 352 g/mol. The zero-order chi connectivity index (χ0) is 18.2. The highest BCUT2D eigenvalue weighted by atomic mass is 16.2. The molecular weight excluding hydrogens is 336 g/mol. The van der Waals surface area contributed by atoms with Gasteiger partial charge in [0.2, 0.25) is 0 Å². The molecule has 5 heteroatoms. The van der Waals surface area contributed by atoms with Crippen LogP contribution in [-0.4, -0.2) is 15.9 Å². The lowest BCUT2D eigenvalue weighted by Gasteiger charge is -2.38. The highest BCUT2D eigenvalue weighted by Crippen LogP contribution is 2.40. The molecule has 5 rings (SSSR count). The van der Waals surface area contributed by atoms with E-state index in [-0.39, 0.29) is 12.1 Å². The van der Waals surface area contributed by atoms with Gasteiger partial charge in [-0.3, -0.25) is 9.69 Å². The highest BCUT2D eigenvalue weighted by Gasteiger charge is 2.34. The molecule has 130 valence electrons. The first kappa shape index (κ1) is 15.5. The Morgan fingerprint density at radius 1 is 0.815 bits per heavy atom. The summed E-state index contributed by atoms with van der Waals surface area (Å²) in [6.45, 7) is 0. The maximum atomic E-state index is 12.7. The smallest absolute Gasteiger partial charge is 0.255 e. The second-order valence-corrected chi connectivity index (χ2v) is 6.39. The SMILES string of the molecule is O=C1NC(c2ccccc2)N(c2ncnc3ccccc23)c2ccccc21.